The molecule has 1 aromatic rings. The third kappa shape index (κ3) is 4.37. The van der Waals surface area contributed by atoms with Crippen LogP contribution >= 0.6 is 11.8 Å². The van der Waals surface area contributed by atoms with E-state index < -0.39 is 5.60 Å². The molecular weight excluding hydrogens is 222 g/mol. The van der Waals surface area contributed by atoms with Crippen LogP contribution in [-0.2, 0) is 0 Å². The van der Waals surface area contributed by atoms with Gasteiger partial charge in [0.1, 0.15) is 11.6 Å². The zero-order chi connectivity index (χ0) is 12.2. The lowest BCUT2D eigenvalue weighted by Crippen LogP contribution is -2.36. The number of aliphatic hydroxyl groups is 1. The summed E-state index contributed by atoms with van der Waals surface area (Å²) in [7, 11) is 0. The fourth-order valence-electron chi connectivity index (χ4n) is 1.45. The van der Waals surface area contributed by atoms with Crippen molar-refractivity contribution >= 4 is 17.6 Å². The van der Waals surface area contributed by atoms with E-state index in [9.17, 15) is 5.11 Å². The number of thioether (sulfide) groups is 1. The van der Waals surface area contributed by atoms with Crippen molar-refractivity contribution in [3.8, 4) is 0 Å². The van der Waals surface area contributed by atoms with Gasteiger partial charge in [0, 0.05) is 24.1 Å². The Hall–Kier alpha value is -0.810. The van der Waals surface area contributed by atoms with E-state index in [0.29, 0.717) is 12.3 Å². The second-order valence-corrected chi connectivity index (χ2v) is 5.09. The molecule has 1 aromatic heterocycles. The summed E-state index contributed by atoms with van der Waals surface area (Å²) in [6.45, 7) is 6.10. The second-order valence-electron chi connectivity index (χ2n) is 4.23. The second kappa shape index (κ2) is 5.50. The van der Waals surface area contributed by atoms with Crippen molar-refractivity contribution in [3.63, 3.8) is 0 Å². The fraction of sp³-hybridized carbons (Fsp3) is 0.636. The molecule has 0 radical (unpaired) electrons. The van der Waals surface area contributed by atoms with Gasteiger partial charge in [0.15, 0.2) is 0 Å². The predicted molar refractivity (Wildman–Crippen MR) is 69.0 cm³/mol. The normalized spacial score (nSPS) is 14.6. The molecule has 16 heavy (non-hydrogen) atoms. The summed E-state index contributed by atoms with van der Waals surface area (Å²) in [6, 6.07) is 1.88. The van der Waals surface area contributed by atoms with Crippen LogP contribution in [0.4, 0.5) is 5.82 Å². The van der Waals surface area contributed by atoms with E-state index >= 15 is 0 Å². The number of rotatable bonds is 5. The van der Waals surface area contributed by atoms with Crippen molar-refractivity contribution < 1.29 is 5.11 Å². The number of hydrogen-bond donors (Lipinski definition) is 2. The Bertz CT molecular complexity index is 335. The first-order valence-electron chi connectivity index (χ1n) is 5.20. The van der Waals surface area contributed by atoms with Gasteiger partial charge < -0.3 is 10.4 Å². The van der Waals surface area contributed by atoms with Gasteiger partial charge in [0.25, 0.3) is 0 Å². The van der Waals surface area contributed by atoms with Gasteiger partial charge in [0.05, 0.1) is 5.60 Å². The van der Waals surface area contributed by atoms with Crippen molar-refractivity contribution in [1.82, 2.24) is 9.97 Å². The average Bonchev–Trinajstić information content (AvgIpc) is 2.13. The van der Waals surface area contributed by atoms with E-state index in [1.165, 1.54) is 0 Å². The van der Waals surface area contributed by atoms with Gasteiger partial charge in [-0.2, -0.15) is 11.8 Å². The first-order valence-corrected chi connectivity index (χ1v) is 6.60. The van der Waals surface area contributed by atoms with Gasteiger partial charge in [-0.3, -0.25) is 0 Å². The molecule has 0 unspecified atom stereocenters. The molecule has 0 aromatic carbocycles. The van der Waals surface area contributed by atoms with Crippen LogP contribution in [0.3, 0.4) is 0 Å². The van der Waals surface area contributed by atoms with Gasteiger partial charge >= 0.3 is 0 Å². The molecule has 5 heteroatoms. The molecule has 90 valence electrons. The van der Waals surface area contributed by atoms with Gasteiger partial charge in [-0.05, 0) is 27.0 Å². The number of nitrogens with zero attached hydrogens (tertiary/aromatic N) is 2. The molecule has 4 nitrogen and oxygen atoms in total. The van der Waals surface area contributed by atoms with E-state index in [4.69, 9.17) is 0 Å². The Morgan fingerprint density at radius 1 is 1.44 bits per heavy atom. The standard InChI is InChI=1S/C11H19N3OS/c1-8-5-10(14-9(2)13-8)12-6-11(3,15)7-16-4/h5,15H,6-7H2,1-4H3,(H,12,13,14)/t11-/m1/s1. The van der Waals surface area contributed by atoms with E-state index in [1.54, 1.807) is 11.8 Å². The summed E-state index contributed by atoms with van der Waals surface area (Å²) in [5.41, 5.74) is 0.214. The molecule has 2 N–H and O–H groups in total. The molecule has 0 amide bonds. The van der Waals surface area contributed by atoms with Crippen LogP contribution in [0.1, 0.15) is 18.4 Å². The highest BCUT2D eigenvalue weighted by molar-refractivity contribution is 7.98. The maximum absolute atomic E-state index is 9.99. The van der Waals surface area contributed by atoms with Crippen LogP contribution in [0.25, 0.3) is 0 Å². The third-order valence-electron chi connectivity index (χ3n) is 2.07. The maximum Gasteiger partial charge on any atom is 0.130 e. The lowest BCUT2D eigenvalue weighted by molar-refractivity contribution is 0.0996. The molecule has 1 heterocycles. The molecule has 1 atom stereocenters. The SMILES string of the molecule is CSC[C@](C)(O)CNc1cc(C)nc(C)n1. The Morgan fingerprint density at radius 2 is 2.12 bits per heavy atom. The zero-order valence-corrected chi connectivity index (χ0v) is 11.1. The smallest absolute Gasteiger partial charge is 0.130 e. The fourth-order valence-corrected chi connectivity index (χ4v) is 2.17. The number of aromatic nitrogens is 2. The summed E-state index contributed by atoms with van der Waals surface area (Å²) < 4.78 is 0. The highest BCUT2D eigenvalue weighted by Gasteiger charge is 2.19. The molecule has 0 aliphatic rings. The number of anilines is 1. The van der Waals surface area contributed by atoms with Gasteiger partial charge in [-0.25, -0.2) is 9.97 Å². The van der Waals surface area contributed by atoms with Gasteiger partial charge in [0.2, 0.25) is 0 Å². The van der Waals surface area contributed by atoms with Crippen molar-refractivity contribution in [1.29, 1.82) is 0 Å². The van der Waals surface area contributed by atoms with E-state index in [-0.39, 0.29) is 0 Å². The molecular formula is C11H19N3OS. The van der Waals surface area contributed by atoms with Crippen LogP contribution in [0, 0.1) is 13.8 Å². The topological polar surface area (TPSA) is 58.0 Å². The van der Waals surface area contributed by atoms with Crippen LogP contribution in [0.2, 0.25) is 0 Å². The number of nitrogens with one attached hydrogen (secondary N) is 1. The molecule has 0 aliphatic carbocycles. The van der Waals surface area contributed by atoms with E-state index in [2.05, 4.69) is 15.3 Å². The average molecular weight is 241 g/mol. The maximum atomic E-state index is 9.99. The molecule has 0 saturated heterocycles. The first kappa shape index (κ1) is 13.3. The van der Waals surface area contributed by atoms with Crippen LogP contribution < -0.4 is 5.32 Å². The number of hydrogen-bond acceptors (Lipinski definition) is 5. The van der Waals surface area contributed by atoms with Crippen LogP contribution in [-0.4, -0.2) is 39.2 Å². The summed E-state index contributed by atoms with van der Waals surface area (Å²) >= 11 is 1.63. The summed E-state index contributed by atoms with van der Waals surface area (Å²) in [4.78, 5) is 8.45. The molecule has 0 saturated carbocycles. The summed E-state index contributed by atoms with van der Waals surface area (Å²) in [5, 5.41) is 13.1. The van der Waals surface area contributed by atoms with Gasteiger partial charge in [-0.1, -0.05) is 0 Å². The first-order chi connectivity index (χ1) is 7.43. The minimum Gasteiger partial charge on any atom is -0.387 e. The van der Waals surface area contributed by atoms with Crippen molar-refractivity contribution in [3.05, 3.63) is 17.6 Å². The zero-order valence-electron chi connectivity index (χ0n) is 10.2. The predicted octanol–water partition coefficient (Wildman–Crippen LogP) is 1.62. The minimum atomic E-state index is -0.716. The number of aryl methyl sites for hydroxylation is 2. The largest absolute Gasteiger partial charge is 0.387 e. The Balaban J connectivity index is 2.60. The molecule has 0 spiro atoms. The highest BCUT2D eigenvalue weighted by Crippen LogP contribution is 2.12. The summed E-state index contributed by atoms with van der Waals surface area (Å²) in [6.07, 6.45) is 1.98. The van der Waals surface area contributed by atoms with Crippen LogP contribution in [0.15, 0.2) is 6.07 Å². The molecule has 0 bridgehead atoms. The Morgan fingerprint density at radius 3 is 2.69 bits per heavy atom. The highest BCUT2D eigenvalue weighted by atomic mass is 32.2. The monoisotopic (exact) mass is 241 g/mol. The Labute approximate surface area is 101 Å². The van der Waals surface area contributed by atoms with E-state index in [0.717, 1.165) is 17.3 Å². The van der Waals surface area contributed by atoms with Crippen LogP contribution in [0.5, 0.6) is 0 Å². The molecule has 1 rings (SSSR count). The lowest BCUT2D eigenvalue weighted by atomic mass is 10.1. The van der Waals surface area contributed by atoms with Crippen molar-refractivity contribution in [2.24, 2.45) is 0 Å². The Kier molecular flexibility index (Phi) is 4.56. The van der Waals surface area contributed by atoms with Crippen molar-refractivity contribution in [2.45, 2.75) is 26.4 Å². The van der Waals surface area contributed by atoms with E-state index in [1.807, 2.05) is 33.1 Å². The molecule has 0 fully saturated rings. The van der Waals surface area contributed by atoms with Gasteiger partial charge in [-0.15, -0.1) is 0 Å². The quantitative estimate of drug-likeness (QED) is 0.820. The molecule has 0 aliphatic heterocycles. The summed E-state index contributed by atoms with van der Waals surface area (Å²) in [5.74, 6) is 2.21. The minimum absolute atomic E-state index is 0.490. The lowest BCUT2D eigenvalue weighted by Gasteiger charge is -2.22. The third-order valence-corrected chi connectivity index (χ3v) is 2.98. The van der Waals surface area contributed by atoms with Crippen molar-refractivity contribution in [2.75, 3.05) is 23.9 Å².